The highest BCUT2D eigenvalue weighted by Gasteiger charge is 2.20. The summed E-state index contributed by atoms with van der Waals surface area (Å²) in [5.74, 6) is -0.381. The molecule has 0 aliphatic heterocycles. The van der Waals surface area contributed by atoms with Crippen molar-refractivity contribution in [1.29, 1.82) is 0 Å². The highest BCUT2D eigenvalue weighted by Crippen LogP contribution is 2.32. The molecule has 4 aromatic rings. The van der Waals surface area contributed by atoms with Gasteiger partial charge in [-0.05, 0) is 64.1 Å². The Hall–Kier alpha value is -3.52. The number of rotatable bonds is 5. The van der Waals surface area contributed by atoms with Crippen molar-refractivity contribution in [2.75, 3.05) is 10.6 Å². The van der Waals surface area contributed by atoms with Gasteiger partial charge in [0.2, 0.25) is 5.91 Å². The third-order valence-corrected chi connectivity index (χ3v) is 6.05. The molecule has 0 saturated carbocycles. The maximum atomic E-state index is 13.3. The minimum atomic E-state index is -0.237. The summed E-state index contributed by atoms with van der Waals surface area (Å²) in [7, 11) is 0. The molecule has 0 aliphatic rings. The highest BCUT2D eigenvalue weighted by molar-refractivity contribution is 7.12. The van der Waals surface area contributed by atoms with E-state index in [1.165, 1.54) is 11.8 Å². The first-order chi connectivity index (χ1) is 15.2. The third kappa shape index (κ3) is 4.27. The topological polar surface area (TPSA) is 88.9 Å². The van der Waals surface area contributed by atoms with Crippen LogP contribution in [0.25, 0.3) is 22.3 Å². The van der Waals surface area contributed by atoms with Crippen molar-refractivity contribution in [3.8, 4) is 11.3 Å². The van der Waals surface area contributed by atoms with Crippen LogP contribution in [0.15, 0.2) is 42.6 Å². The van der Waals surface area contributed by atoms with E-state index in [-0.39, 0.29) is 17.9 Å². The first-order valence-electron chi connectivity index (χ1n) is 10.4. The van der Waals surface area contributed by atoms with E-state index in [1.54, 1.807) is 41.8 Å². The molecule has 1 aromatic carbocycles. The third-order valence-electron chi connectivity index (χ3n) is 5.08. The van der Waals surface area contributed by atoms with Crippen LogP contribution in [-0.4, -0.2) is 26.6 Å². The van der Waals surface area contributed by atoms with Gasteiger partial charge in [-0.3, -0.25) is 9.59 Å². The average Bonchev–Trinajstić information content (AvgIpc) is 3.30. The predicted octanol–water partition coefficient (Wildman–Crippen LogP) is 5.57. The van der Waals surface area contributed by atoms with Gasteiger partial charge in [-0.2, -0.15) is 5.10 Å². The van der Waals surface area contributed by atoms with Crippen molar-refractivity contribution in [1.82, 2.24) is 14.8 Å². The Morgan fingerprint density at radius 3 is 2.25 bits per heavy atom. The second kappa shape index (κ2) is 8.55. The number of thiophene rings is 1. The number of aryl methyl sites for hydroxylation is 2. The zero-order valence-corrected chi connectivity index (χ0v) is 19.5. The maximum Gasteiger partial charge on any atom is 0.256 e. The molecule has 0 radical (unpaired) electrons. The highest BCUT2D eigenvalue weighted by atomic mass is 32.1. The van der Waals surface area contributed by atoms with E-state index >= 15 is 0 Å². The summed E-state index contributed by atoms with van der Waals surface area (Å²) in [6, 6.07) is 11.1. The number of nitrogens with zero attached hydrogens (tertiary/aromatic N) is 3. The summed E-state index contributed by atoms with van der Waals surface area (Å²) in [6.07, 6.45) is 1.70. The van der Waals surface area contributed by atoms with Gasteiger partial charge in [0.25, 0.3) is 5.91 Å². The van der Waals surface area contributed by atoms with Crippen LogP contribution in [0.4, 0.5) is 11.4 Å². The molecule has 0 spiro atoms. The largest absolute Gasteiger partial charge is 0.326 e. The zero-order chi connectivity index (χ0) is 23.0. The van der Waals surface area contributed by atoms with E-state index in [2.05, 4.69) is 35.6 Å². The van der Waals surface area contributed by atoms with Crippen molar-refractivity contribution < 1.29 is 9.59 Å². The number of amides is 2. The summed E-state index contributed by atoms with van der Waals surface area (Å²) in [6.45, 7) is 9.66. The summed E-state index contributed by atoms with van der Waals surface area (Å²) in [4.78, 5) is 31.7. The molecule has 0 unspecified atom stereocenters. The SMILES string of the molecule is CC(=O)Nc1ccc(NC(=O)c2cc(-c3cc(C)sc3C)nc3c2cnn3C(C)C)cc1. The summed E-state index contributed by atoms with van der Waals surface area (Å²) >= 11 is 1.71. The second-order valence-electron chi connectivity index (χ2n) is 8.01. The molecule has 2 amide bonds. The van der Waals surface area contributed by atoms with Crippen LogP contribution < -0.4 is 10.6 Å². The number of benzene rings is 1. The number of anilines is 2. The molecule has 0 bridgehead atoms. The fraction of sp³-hybridized carbons (Fsp3) is 0.250. The van der Waals surface area contributed by atoms with Crippen LogP contribution in [0.1, 0.15) is 46.9 Å². The van der Waals surface area contributed by atoms with Crippen molar-refractivity contribution in [3.63, 3.8) is 0 Å². The molecule has 8 heteroatoms. The number of pyridine rings is 1. The molecule has 4 rings (SSSR count). The fourth-order valence-corrected chi connectivity index (χ4v) is 4.58. The predicted molar refractivity (Wildman–Crippen MR) is 129 cm³/mol. The molecule has 0 atom stereocenters. The number of carbonyl (C=O) groups excluding carboxylic acids is 2. The number of hydrogen-bond donors (Lipinski definition) is 2. The lowest BCUT2D eigenvalue weighted by Crippen LogP contribution is -2.13. The van der Waals surface area contributed by atoms with E-state index in [9.17, 15) is 9.59 Å². The van der Waals surface area contributed by atoms with Crippen LogP contribution in [-0.2, 0) is 4.79 Å². The van der Waals surface area contributed by atoms with Gasteiger partial charge >= 0.3 is 0 Å². The maximum absolute atomic E-state index is 13.3. The number of fused-ring (bicyclic) bond motifs is 1. The average molecular weight is 448 g/mol. The smallest absolute Gasteiger partial charge is 0.256 e. The molecular formula is C24H25N5O2S. The van der Waals surface area contributed by atoms with Gasteiger partial charge in [0.05, 0.1) is 22.8 Å². The van der Waals surface area contributed by atoms with Crippen molar-refractivity contribution in [2.45, 2.75) is 40.7 Å². The minimum absolute atomic E-state index is 0.109. The first kappa shape index (κ1) is 21.7. The molecule has 0 aliphatic carbocycles. The summed E-state index contributed by atoms with van der Waals surface area (Å²) in [5, 5.41) is 10.9. The molecule has 32 heavy (non-hydrogen) atoms. The normalized spacial score (nSPS) is 11.2. The van der Waals surface area contributed by atoms with E-state index < -0.39 is 0 Å². The van der Waals surface area contributed by atoms with Gasteiger partial charge in [-0.15, -0.1) is 11.3 Å². The Bertz CT molecular complexity index is 1320. The Balaban J connectivity index is 1.76. The van der Waals surface area contributed by atoms with Crippen LogP contribution in [0.5, 0.6) is 0 Å². The second-order valence-corrected chi connectivity index (χ2v) is 9.48. The van der Waals surface area contributed by atoms with Crippen molar-refractivity contribution in [2.24, 2.45) is 0 Å². The minimum Gasteiger partial charge on any atom is -0.326 e. The quantitative estimate of drug-likeness (QED) is 0.419. The molecular weight excluding hydrogens is 422 g/mol. The number of aromatic nitrogens is 3. The van der Waals surface area contributed by atoms with Crippen molar-refractivity contribution in [3.05, 3.63) is 57.9 Å². The lowest BCUT2D eigenvalue weighted by molar-refractivity contribution is -0.114. The van der Waals surface area contributed by atoms with Crippen molar-refractivity contribution >= 4 is 45.6 Å². The van der Waals surface area contributed by atoms with Crippen LogP contribution >= 0.6 is 11.3 Å². The van der Waals surface area contributed by atoms with Crippen LogP contribution in [0, 0.1) is 13.8 Å². The Kier molecular flexibility index (Phi) is 5.80. The number of nitrogens with one attached hydrogen (secondary N) is 2. The van der Waals surface area contributed by atoms with Gasteiger partial charge < -0.3 is 10.6 Å². The lowest BCUT2D eigenvalue weighted by atomic mass is 10.1. The van der Waals surface area contributed by atoms with E-state index in [4.69, 9.17) is 4.98 Å². The van der Waals surface area contributed by atoms with E-state index in [1.807, 2.05) is 24.6 Å². The molecule has 0 fully saturated rings. The monoisotopic (exact) mass is 447 g/mol. The molecule has 0 saturated heterocycles. The fourth-order valence-electron chi connectivity index (χ4n) is 3.65. The van der Waals surface area contributed by atoms with E-state index in [0.29, 0.717) is 28.0 Å². The first-order valence-corrected chi connectivity index (χ1v) is 11.2. The summed E-state index contributed by atoms with van der Waals surface area (Å²) < 4.78 is 1.84. The van der Waals surface area contributed by atoms with Gasteiger partial charge in [0.1, 0.15) is 0 Å². The van der Waals surface area contributed by atoms with E-state index in [0.717, 1.165) is 16.1 Å². The zero-order valence-electron chi connectivity index (χ0n) is 18.7. The number of carbonyl (C=O) groups is 2. The Morgan fingerprint density at radius 1 is 1.03 bits per heavy atom. The van der Waals surface area contributed by atoms with Gasteiger partial charge in [0, 0.05) is 39.7 Å². The van der Waals surface area contributed by atoms with Gasteiger partial charge in [0.15, 0.2) is 5.65 Å². The molecule has 7 nitrogen and oxygen atoms in total. The van der Waals surface area contributed by atoms with Gasteiger partial charge in [-0.1, -0.05) is 0 Å². The Labute approximate surface area is 190 Å². The number of hydrogen-bond acceptors (Lipinski definition) is 5. The van der Waals surface area contributed by atoms with Gasteiger partial charge in [-0.25, -0.2) is 9.67 Å². The standard InChI is InChI=1S/C24H25N5O2S/c1-13(2)29-23-21(12-25-29)20(11-22(28-23)19-10-14(3)32-15(19)4)24(31)27-18-8-6-17(7-9-18)26-16(5)30/h6-13H,1-5H3,(H,26,30)(H,27,31). The Morgan fingerprint density at radius 2 is 1.69 bits per heavy atom. The molecule has 3 heterocycles. The molecule has 3 aromatic heterocycles. The van der Waals surface area contributed by atoms with Crippen LogP contribution in [0.3, 0.4) is 0 Å². The summed E-state index contributed by atoms with van der Waals surface area (Å²) in [5.41, 5.74) is 4.30. The molecule has 2 N–H and O–H groups in total. The lowest BCUT2D eigenvalue weighted by Gasteiger charge is -2.11. The van der Waals surface area contributed by atoms with Crippen LogP contribution in [0.2, 0.25) is 0 Å². The molecule has 164 valence electrons.